The highest BCUT2D eigenvalue weighted by molar-refractivity contribution is 9.10. The number of halogens is 3. The Kier molecular flexibility index (Phi) is 6.91. The largest absolute Gasteiger partial charge is 0.478 e. The van der Waals surface area contributed by atoms with Crippen LogP contribution in [0.5, 0.6) is 0 Å². The summed E-state index contributed by atoms with van der Waals surface area (Å²) < 4.78 is 1.75. The van der Waals surface area contributed by atoms with Crippen molar-refractivity contribution < 1.29 is 14.7 Å². The van der Waals surface area contributed by atoms with Gasteiger partial charge in [-0.3, -0.25) is 4.79 Å². The zero-order chi connectivity index (χ0) is 21.8. The maximum atomic E-state index is 13.1. The van der Waals surface area contributed by atoms with Crippen molar-refractivity contribution in [2.75, 3.05) is 5.32 Å². The summed E-state index contributed by atoms with van der Waals surface area (Å²) in [6.45, 7) is 1.90. The Bertz CT molecular complexity index is 1160. The molecule has 0 saturated heterocycles. The lowest BCUT2D eigenvalue weighted by molar-refractivity contribution is -0.131. The maximum absolute atomic E-state index is 13.1. The molecule has 0 fully saturated rings. The third kappa shape index (κ3) is 4.89. The number of anilines is 1. The first kappa shape index (κ1) is 22.0. The number of hydrogen-bond donors (Lipinski definition) is 2. The quantitative estimate of drug-likeness (QED) is 0.442. The van der Waals surface area contributed by atoms with Gasteiger partial charge in [0.1, 0.15) is 10.3 Å². The molecule has 30 heavy (non-hydrogen) atoms. The standard InChI is InChI=1S/C20H15BrCl2N4O3/c1-2-11-8-13(22)9-12(5-6-17(28)29)18(11)25-20(30)15-10-16(21)26-27(15)19-14(23)4-3-7-24-19/h3-10H,2H2,1H3,(H,25,30)(H,28,29)/b6-5+. The lowest BCUT2D eigenvalue weighted by atomic mass is 10.0. The molecule has 3 aromatic rings. The fourth-order valence-electron chi connectivity index (χ4n) is 2.80. The summed E-state index contributed by atoms with van der Waals surface area (Å²) in [5.41, 5.74) is 1.87. The van der Waals surface area contributed by atoms with Crippen LogP contribution in [-0.2, 0) is 11.2 Å². The van der Waals surface area contributed by atoms with Crippen LogP contribution in [0.15, 0.2) is 47.2 Å². The summed E-state index contributed by atoms with van der Waals surface area (Å²) in [5, 5.41) is 16.8. The fraction of sp³-hybridized carbons (Fsp3) is 0.100. The highest BCUT2D eigenvalue weighted by Gasteiger charge is 2.20. The molecule has 2 heterocycles. The first-order valence-corrected chi connectivity index (χ1v) is 10.3. The average Bonchev–Trinajstić information content (AvgIpc) is 3.09. The minimum absolute atomic E-state index is 0.188. The Balaban J connectivity index is 2.06. The van der Waals surface area contributed by atoms with Crippen molar-refractivity contribution >= 4 is 62.8 Å². The Morgan fingerprint density at radius 1 is 1.30 bits per heavy atom. The second-order valence-electron chi connectivity index (χ2n) is 6.08. The maximum Gasteiger partial charge on any atom is 0.328 e. The summed E-state index contributed by atoms with van der Waals surface area (Å²) >= 11 is 15.6. The van der Waals surface area contributed by atoms with Crippen LogP contribution in [0.3, 0.4) is 0 Å². The van der Waals surface area contributed by atoms with Gasteiger partial charge in [-0.15, -0.1) is 0 Å². The van der Waals surface area contributed by atoms with Gasteiger partial charge in [-0.2, -0.15) is 5.10 Å². The van der Waals surface area contributed by atoms with Crippen molar-refractivity contribution in [3.8, 4) is 5.82 Å². The van der Waals surface area contributed by atoms with E-state index in [4.69, 9.17) is 28.3 Å². The highest BCUT2D eigenvalue weighted by atomic mass is 79.9. The molecule has 2 aromatic heterocycles. The molecule has 0 aliphatic heterocycles. The number of amides is 1. The van der Waals surface area contributed by atoms with Gasteiger partial charge in [0.05, 0.1) is 10.7 Å². The number of pyridine rings is 1. The Morgan fingerprint density at radius 3 is 2.73 bits per heavy atom. The van der Waals surface area contributed by atoms with E-state index in [0.29, 0.717) is 38.1 Å². The topological polar surface area (TPSA) is 97.1 Å². The van der Waals surface area contributed by atoms with E-state index in [0.717, 1.165) is 11.6 Å². The normalized spacial score (nSPS) is 11.1. The van der Waals surface area contributed by atoms with Crippen LogP contribution in [0.2, 0.25) is 10.0 Å². The van der Waals surface area contributed by atoms with Crippen LogP contribution in [-0.4, -0.2) is 31.7 Å². The van der Waals surface area contributed by atoms with Crippen LogP contribution in [0.1, 0.15) is 28.5 Å². The summed E-state index contributed by atoms with van der Waals surface area (Å²) in [6.07, 6.45) is 4.47. The molecule has 2 N–H and O–H groups in total. The SMILES string of the molecule is CCc1cc(Cl)cc(/C=C/C(=O)O)c1NC(=O)c1cc(Br)nn1-c1ncccc1Cl. The van der Waals surface area contributed by atoms with E-state index in [1.807, 2.05) is 6.92 Å². The number of rotatable bonds is 6. The van der Waals surface area contributed by atoms with Crippen molar-refractivity contribution in [1.29, 1.82) is 0 Å². The van der Waals surface area contributed by atoms with Gasteiger partial charge in [0.15, 0.2) is 5.82 Å². The first-order valence-electron chi connectivity index (χ1n) is 8.71. The molecule has 0 unspecified atom stereocenters. The summed E-state index contributed by atoms with van der Waals surface area (Å²) in [6, 6.07) is 8.15. The molecular weight excluding hydrogens is 495 g/mol. The van der Waals surface area contributed by atoms with E-state index in [-0.39, 0.29) is 5.69 Å². The van der Waals surface area contributed by atoms with E-state index in [1.165, 1.54) is 16.8 Å². The van der Waals surface area contributed by atoms with E-state index in [1.54, 1.807) is 30.5 Å². The number of aromatic nitrogens is 3. The van der Waals surface area contributed by atoms with Gasteiger partial charge in [0.2, 0.25) is 0 Å². The van der Waals surface area contributed by atoms with E-state index in [2.05, 4.69) is 31.3 Å². The minimum Gasteiger partial charge on any atom is -0.478 e. The van der Waals surface area contributed by atoms with Crippen LogP contribution < -0.4 is 5.32 Å². The monoisotopic (exact) mass is 508 g/mol. The lowest BCUT2D eigenvalue weighted by Crippen LogP contribution is -2.19. The predicted molar refractivity (Wildman–Crippen MR) is 120 cm³/mol. The first-order chi connectivity index (χ1) is 14.3. The molecule has 0 aliphatic rings. The number of carboxylic acid groups (broad SMARTS) is 1. The Labute approximate surface area is 190 Å². The van der Waals surface area contributed by atoms with Crippen molar-refractivity contribution in [2.45, 2.75) is 13.3 Å². The number of carbonyl (C=O) groups excluding carboxylic acids is 1. The fourth-order valence-corrected chi connectivity index (χ4v) is 3.62. The Hall–Kier alpha value is -2.68. The number of hydrogen-bond acceptors (Lipinski definition) is 4. The van der Waals surface area contributed by atoms with E-state index in [9.17, 15) is 9.59 Å². The van der Waals surface area contributed by atoms with Crippen LogP contribution in [0, 0.1) is 0 Å². The number of aryl methyl sites for hydroxylation is 1. The van der Waals surface area contributed by atoms with Crippen molar-refractivity contribution in [1.82, 2.24) is 14.8 Å². The molecule has 10 heteroatoms. The number of carboxylic acids is 1. The molecule has 0 spiro atoms. The number of carbonyl (C=O) groups is 2. The minimum atomic E-state index is -1.11. The van der Waals surface area contributed by atoms with Crippen molar-refractivity contribution in [2.24, 2.45) is 0 Å². The van der Waals surface area contributed by atoms with Gasteiger partial charge in [0.25, 0.3) is 5.91 Å². The second kappa shape index (κ2) is 9.42. The number of nitrogens with zero attached hydrogens (tertiary/aromatic N) is 3. The second-order valence-corrected chi connectivity index (χ2v) is 7.74. The van der Waals surface area contributed by atoms with Gasteiger partial charge in [-0.1, -0.05) is 30.1 Å². The van der Waals surface area contributed by atoms with Crippen molar-refractivity contribution in [3.05, 3.63) is 74.1 Å². The number of benzene rings is 1. The number of nitrogens with one attached hydrogen (secondary N) is 1. The van der Waals surface area contributed by atoms with E-state index < -0.39 is 11.9 Å². The zero-order valence-corrected chi connectivity index (χ0v) is 18.7. The summed E-state index contributed by atoms with van der Waals surface area (Å²) in [7, 11) is 0. The molecule has 0 bridgehead atoms. The van der Waals surface area contributed by atoms with Gasteiger partial charge in [-0.25, -0.2) is 14.5 Å². The lowest BCUT2D eigenvalue weighted by Gasteiger charge is -2.15. The molecule has 0 radical (unpaired) electrons. The van der Waals surface area contributed by atoms with Crippen LogP contribution in [0.25, 0.3) is 11.9 Å². The third-order valence-electron chi connectivity index (χ3n) is 4.09. The van der Waals surface area contributed by atoms with Crippen molar-refractivity contribution in [3.63, 3.8) is 0 Å². The summed E-state index contributed by atoms with van der Waals surface area (Å²) in [5.74, 6) is -1.29. The third-order valence-corrected chi connectivity index (χ3v) is 4.99. The smallest absolute Gasteiger partial charge is 0.328 e. The Morgan fingerprint density at radius 2 is 2.07 bits per heavy atom. The van der Waals surface area contributed by atoms with E-state index >= 15 is 0 Å². The molecule has 154 valence electrons. The van der Waals surface area contributed by atoms with Gasteiger partial charge in [0, 0.05) is 28.9 Å². The van der Waals surface area contributed by atoms with Crippen LogP contribution >= 0.6 is 39.1 Å². The molecule has 0 atom stereocenters. The molecule has 7 nitrogen and oxygen atoms in total. The molecule has 0 aliphatic carbocycles. The van der Waals surface area contributed by atoms with Gasteiger partial charge >= 0.3 is 5.97 Å². The summed E-state index contributed by atoms with van der Waals surface area (Å²) in [4.78, 5) is 28.3. The molecular formula is C20H15BrCl2N4O3. The molecule has 1 aromatic carbocycles. The average molecular weight is 510 g/mol. The van der Waals surface area contributed by atoms with Gasteiger partial charge < -0.3 is 10.4 Å². The molecule has 1 amide bonds. The predicted octanol–water partition coefficient (Wildman–Crippen LogP) is 5.25. The van der Waals surface area contributed by atoms with Crippen LogP contribution in [0.4, 0.5) is 5.69 Å². The van der Waals surface area contributed by atoms with Gasteiger partial charge in [-0.05, 0) is 58.3 Å². The molecule has 0 saturated carbocycles. The highest BCUT2D eigenvalue weighted by Crippen LogP contribution is 2.29. The number of aliphatic carboxylic acids is 1. The zero-order valence-electron chi connectivity index (χ0n) is 15.6. The molecule has 3 rings (SSSR count).